The summed E-state index contributed by atoms with van der Waals surface area (Å²) in [4.78, 5) is 0. The first-order valence-electron chi connectivity index (χ1n) is 15.1. The van der Waals surface area contributed by atoms with Crippen molar-refractivity contribution >= 4 is 0 Å². The van der Waals surface area contributed by atoms with Crippen molar-refractivity contribution in [3.8, 4) is 0 Å². The van der Waals surface area contributed by atoms with Crippen molar-refractivity contribution in [1.82, 2.24) is 0 Å². The van der Waals surface area contributed by atoms with E-state index in [4.69, 9.17) is 0 Å². The predicted molar refractivity (Wildman–Crippen MR) is 160 cm³/mol. The monoisotopic (exact) mass is 478 g/mol. The normalized spacial score (nSPS) is 11.3. The molecule has 0 aromatic heterocycles. The molecule has 0 heterocycles. The Hall–Kier alpha value is -1.56. The molecule has 0 heteroatoms. The highest BCUT2D eigenvalue weighted by atomic mass is 14.3. The minimum Gasteiger partial charge on any atom is -0.0654 e. The van der Waals surface area contributed by atoms with Gasteiger partial charge >= 0.3 is 0 Å². The van der Waals surface area contributed by atoms with Gasteiger partial charge in [0.05, 0.1) is 0 Å². The maximum Gasteiger partial charge on any atom is -0.00778 e. The van der Waals surface area contributed by atoms with Gasteiger partial charge < -0.3 is 0 Å². The molecule has 0 radical (unpaired) electrons. The summed E-state index contributed by atoms with van der Waals surface area (Å²) in [6.07, 6.45) is 17.7. The van der Waals surface area contributed by atoms with Crippen LogP contribution in [0.3, 0.4) is 0 Å². The SMILES string of the molecule is CCCC.CCCCc1cc(CCCCc2ccc(C(C)(CC)CC)c(CCCC)c2)ccc1C. The molecule has 0 fully saturated rings. The minimum absolute atomic E-state index is 0.322. The summed E-state index contributed by atoms with van der Waals surface area (Å²) in [7, 11) is 0. The third-order valence-electron chi connectivity index (χ3n) is 8.07. The van der Waals surface area contributed by atoms with Crippen LogP contribution in [0.25, 0.3) is 0 Å². The zero-order chi connectivity index (χ0) is 26.1. The summed E-state index contributed by atoms with van der Waals surface area (Å²) in [5, 5.41) is 0. The van der Waals surface area contributed by atoms with Crippen LogP contribution in [0.4, 0.5) is 0 Å². The average molecular weight is 479 g/mol. The van der Waals surface area contributed by atoms with Crippen LogP contribution in [0, 0.1) is 6.92 Å². The lowest BCUT2D eigenvalue weighted by atomic mass is 9.74. The van der Waals surface area contributed by atoms with E-state index in [9.17, 15) is 0 Å². The number of rotatable bonds is 15. The Bertz CT molecular complexity index is 807. The van der Waals surface area contributed by atoms with Crippen molar-refractivity contribution in [1.29, 1.82) is 0 Å². The number of unbranched alkanes of at least 4 members (excludes halogenated alkanes) is 4. The molecule has 0 atom stereocenters. The van der Waals surface area contributed by atoms with Gasteiger partial charge in [0.2, 0.25) is 0 Å². The Kier molecular flexibility index (Phi) is 16.0. The summed E-state index contributed by atoms with van der Waals surface area (Å²) in [5.74, 6) is 0. The fraction of sp³-hybridized carbons (Fsp3) is 0.657. The molecule has 198 valence electrons. The molecule has 0 saturated heterocycles. The molecule has 0 aliphatic carbocycles. The van der Waals surface area contributed by atoms with Crippen LogP contribution in [0.5, 0.6) is 0 Å². The Morgan fingerprint density at radius 2 is 1.03 bits per heavy atom. The van der Waals surface area contributed by atoms with E-state index in [2.05, 4.69) is 91.8 Å². The number of benzene rings is 2. The number of aryl methyl sites for hydroxylation is 5. The second kappa shape index (κ2) is 17.8. The van der Waals surface area contributed by atoms with Gasteiger partial charge in [0.25, 0.3) is 0 Å². The van der Waals surface area contributed by atoms with Gasteiger partial charge in [0.15, 0.2) is 0 Å². The molecule has 0 amide bonds. The van der Waals surface area contributed by atoms with Crippen molar-refractivity contribution in [3.63, 3.8) is 0 Å². The van der Waals surface area contributed by atoms with Crippen molar-refractivity contribution < 1.29 is 0 Å². The zero-order valence-electron chi connectivity index (χ0n) is 24.9. The van der Waals surface area contributed by atoms with E-state index in [0.29, 0.717) is 5.41 Å². The second-order valence-electron chi connectivity index (χ2n) is 10.9. The lowest BCUT2D eigenvalue weighted by Crippen LogP contribution is -2.21. The van der Waals surface area contributed by atoms with Gasteiger partial charge in [-0.15, -0.1) is 0 Å². The van der Waals surface area contributed by atoms with E-state index in [-0.39, 0.29) is 0 Å². The molecule has 2 rings (SSSR count). The smallest absolute Gasteiger partial charge is 0.00778 e. The van der Waals surface area contributed by atoms with Crippen LogP contribution >= 0.6 is 0 Å². The molecule has 0 bridgehead atoms. The van der Waals surface area contributed by atoms with Crippen LogP contribution in [0.2, 0.25) is 0 Å². The molecular formula is C35H58. The maximum absolute atomic E-state index is 2.54. The van der Waals surface area contributed by atoms with Gasteiger partial charge in [-0.3, -0.25) is 0 Å². The largest absolute Gasteiger partial charge is 0.0654 e. The first-order chi connectivity index (χ1) is 16.9. The van der Waals surface area contributed by atoms with Gasteiger partial charge in [-0.2, -0.15) is 0 Å². The topological polar surface area (TPSA) is 0 Å². The zero-order valence-corrected chi connectivity index (χ0v) is 24.9. The maximum atomic E-state index is 2.54. The first-order valence-corrected chi connectivity index (χ1v) is 15.1. The summed E-state index contributed by atoms with van der Waals surface area (Å²) in [5.41, 5.74) is 9.63. The van der Waals surface area contributed by atoms with Crippen molar-refractivity contribution in [2.24, 2.45) is 0 Å². The predicted octanol–water partition coefficient (Wildman–Crippen LogP) is 11.1. The van der Waals surface area contributed by atoms with E-state index < -0.39 is 0 Å². The van der Waals surface area contributed by atoms with E-state index in [1.54, 1.807) is 16.7 Å². The number of hydrogen-bond donors (Lipinski definition) is 0. The third-order valence-corrected chi connectivity index (χ3v) is 8.07. The van der Waals surface area contributed by atoms with E-state index in [1.807, 2.05) is 0 Å². The van der Waals surface area contributed by atoms with E-state index in [0.717, 1.165) is 0 Å². The first kappa shape index (κ1) is 31.5. The lowest BCUT2D eigenvalue weighted by molar-refractivity contribution is 0.434. The Morgan fingerprint density at radius 1 is 0.543 bits per heavy atom. The second-order valence-corrected chi connectivity index (χ2v) is 10.9. The summed E-state index contributed by atoms with van der Waals surface area (Å²) in [6, 6.07) is 14.6. The highest BCUT2D eigenvalue weighted by Crippen LogP contribution is 2.34. The highest BCUT2D eigenvalue weighted by molar-refractivity contribution is 5.38. The Balaban J connectivity index is 0.00000142. The minimum atomic E-state index is 0.322. The molecule has 0 unspecified atom stereocenters. The van der Waals surface area contributed by atoms with Gasteiger partial charge in [-0.1, -0.05) is 111 Å². The van der Waals surface area contributed by atoms with Crippen LogP contribution in [0.1, 0.15) is 146 Å². The summed E-state index contributed by atoms with van der Waals surface area (Å²) >= 11 is 0. The molecule has 0 nitrogen and oxygen atoms in total. The lowest BCUT2D eigenvalue weighted by Gasteiger charge is -2.30. The molecule has 2 aromatic carbocycles. The molecule has 0 aliphatic rings. The molecule has 2 aromatic rings. The van der Waals surface area contributed by atoms with Crippen LogP contribution in [0.15, 0.2) is 36.4 Å². The van der Waals surface area contributed by atoms with E-state index >= 15 is 0 Å². The van der Waals surface area contributed by atoms with Crippen molar-refractivity contribution in [2.45, 2.75) is 151 Å². The summed E-state index contributed by atoms with van der Waals surface area (Å²) < 4.78 is 0. The molecule has 0 N–H and O–H groups in total. The molecule has 35 heavy (non-hydrogen) atoms. The molecule has 0 aliphatic heterocycles. The van der Waals surface area contributed by atoms with Gasteiger partial charge in [0, 0.05) is 0 Å². The molecular weight excluding hydrogens is 420 g/mol. The van der Waals surface area contributed by atoms with Gasteiger partial charge in [-0.05, 0) is 110 Å². The molecule has 0 saturated carbocycles. The Labute approximate surface area is 220 Å². The average Bonchev–Trinajstić information content (AvgIpc) is 2.89. The van der Waals surface area contributed by atoms with Gasteiger partial charge in [0.1, 0.15) is 0 Å². The van der Waals surface area contributed by atoms with E-state index in [1.165, 1.54) is 107 Å². The van der Waals surface area contributed by atoms with Gasteiger partial charge in [-0.25, -0.2) is 0 Å². The van der Waals surface area contributed by atoms with Crippen molar-refractivity contribution in [2.75, 3.05) is 0 Å². The van der Waals surface area contributed by atoms with Crippen LogP contribution in [-0.4, -0.2) is 0 Å². The highest BCUT2D eigenvalue weighted by Gasteiger charge is 2.25. The van der Waals surface area contributed by atoms with Crippen molar-refractivity contribution in [3.05, 3.63) is 69.8 Å². The standard InChI is InChI=1S/C31H48.C4H10/c1-7-11-17-28-23-26(20-19-25(28)5)15-13-14-16-27-21-22-30(31(6,9-3)10-4)29(24-27)18-12-8-2;1-3-4-2/h19-24H,7-18H2,1-6H3;3-4H2,1-2H3. The number of hydrogen-bond acceptors (Lipinski definition) is 0. The fourth-order valence-corrected chi connectivity index (χ4v) is 4.77. The Morgan fingerprint density at radius 3 is 1.51 bits per heavy atom. The molecule has 0 spiro atoms. The quantitative estimate of drug-likeness (QED) is 0.223. The van der Waals surface area contributed by atoms with Crippen LogP contribution in [-0.2, 0) is 31.1 Å². The fourth-order valence-electron chi connectivity index (χ4n) is 4.77. The third kappa shape index (κ3) is 10.9. The summed E-state index contributed by atoms with van der Waals surface area (Å²) in [6.45, 7) is 18.4. The van der Waals surface area contributed by atoms with Crippen LogP contribution < -0.4 is 0 Å².